The van der Waals surface area contributed by atoms with Gasteiger partial charge in [0, 0.05) is 11.3 Å². The highest BCUT2D eigenvalue weighted by atomic mass is 32.1. The van der Waals surface area contributed by atoms with Crippen LogP contribution in [0.5, 0.6) is 0 Å². The van der Waals surface area contributed by atoms with Gasteiger partial charge < -0.3 is 14.8 Å². The van der Waals surface area contributed by atoms with Gasteiger partial charge in [0.1, 0.15) is 35.9 Å². The number of carbonyl (C=O) groups excluding carboxylic acids is 1. The molecule has 1 aliphatic heterocycles. The molecule has 0 bridgehead atoms. The summed E-state index contributed by atoms with van der Waals surface area (Å²) in [6.07, 6.45) is 3.89. The number of hydrogen-bond donors (Lipinski definition) is 1. The van der Waals surface area contributed by atoms with Crippen molar-refractivity contribution in [3.05, 3.63) is 34.0 Å². The van der Waals surface area contributed by atoms with Crippen LogP contribution in [0.2, 0.25) is 0 Å². The molecule has 7 heteroatoms. The normalized spacial score (nSPS) is 17.2. The van der Waals surface area contributed by atoms with Crippen molar-refractivity contribution in [2.75, 3.05) is 19.8 Å². The average molecular weight is 345 g/mol. The quantitative estimate of drug-likeness (QED) is 0.922. The van der Waals surface area contributed by atoms with E-state index in [0.717, 1.165) is 27.3 Å². The van der Waals surface area contributed by atoms with Gasteiger partial charge in [-0.05, 0) is 32.3 Å². The molecule has 0 unspecified atom stereocenters. The summed E-state index contributed by atoms with van der Waals surface area (Å²) in [5, 5.41) is 3.90. The lowest BCUT2D eigenvalue weighted by Crippen LogP contribution is -2.27. The molecule has 1 amide bonds. The molecule has 4 rings (SSSR count). The molecule has 0 saturated heterocycles. The third kappa shape index (κ3) is 2.84. The number of hydrogen-bond acceptors (Lipinski definition) is 6. The van der Waals surface area contributed by atoms with Crippen LogP contribution in [0.15, 0.2) is 12.0 Å². The van der Waals surface area contributed by atoms with Crippen molar-refractivity contribution in [1.82, 2.24) is 15.3 Å². The van der Waals surface area contributed by atoms with Crippen LogP contribution < -0.4 is 5.32 Å². The second-order valence-electron chi connectivity index (χ2n) is 6.16. The molecule has 0 spiro atoms. The summed E-state index contributed by atoms with van der Waals surface area (Å²) in [4.78, 5) is 23.5. The van der Waals surface area contributed by atoms with E-state index in [1.807, 2.05) is 13.8 Å². The third-order valence-corrected chi connectivity index (χ3v) is 5.45. The summed E-state index contributed by atoms with van der Waals surface area (Å²) in [5.74, 6) is 1.95. The first kappa shape index (κ1) is 15.4. The number of nitrogens with zero attached hydrogens (tertiary/aromatic N) is 2. The topological polar surface area (TPSA) is 73.3 Å². The zero-order valence-corrected chi connectivity index (χ0v) is 14.5. The smallest absolute Gasteiger partial charge is 0.262 e. The average Bonchev–Trinajstić information content (AvgIpc) is 3.38. The zero-order valence-electron chi connectivity index (χ0n) is 13.7. The standard InChI is InChI=1S/C17H19N3O3S/c1-9-13-10(2)19-15(11-3-4-11)20-17(13)24-14(9)16(21)18-7-12-8-22-5-6-23-12/h8,11H,3-7H2,1-2H3,(H,18,21). The Balaban J connectivity index is 1.59. The summed E-state index contributed by atoms with van der Waals surface area (Å²) in [5.41, 5.74) is 1.91. The third-order valence-electron chi connectivity index (χ3n) is 4.26. The van der Waals surface area contributed by atoms with E-state index in [-0.39, 0.29) is 5.91 Å². The Labute approximate surface area is 143 Å². The van der Waals surface area contributed by atoms with Crippen LogP contribution in [0.25, 0.3) is 10.2 Å². The van der Waals surface area contributed by atoms with Crippen molar-refractivity contribution in [1.29, 1.82) is 0 Å². The fourth-order valence-electron chi connectivity index (χ4n) is 2.85. The summed E-state index contributed by atoms with van der Waals surface area (Å²) >= 11 is 1.44. The minimum Gasteiger partial charge on any atom is -0.494 e. The van der Waals surface area contributed by atoms with Crippen LogP contribution in [-0.2, 0) is 9.47 Å². The molecule has 1 saturated carbocycles. The van der Waals surface area contributed by atoms with Gasteiger partial charge in [-0.15, -0.1) is 11.3 Å². The monoisotopic (exact) mass is 345 g/mol. The number of aromatic nitrogens is 2. The minimum atomic E-state index is -0.113. The summed E-state index contributed by atoms with van der Waals surface area (Å²) in [7, 11) is 0. The molecule has 2 aromatic rings. The molecule has 1 fully saturated rings. The van der Waals surface area contributed by atoms with Crippen LogP contribution in [0.3, 0.4) is 0 Å². The Kier molecular flexibility index (Phi) is 3.88. The van der Waals surface area contributed by atoms with E-state index in [0.29, 0.717) is 36.3 Å². The van der Waals surface area contributed by atoms with E-state index in [4.69, 9.17) is 9.47 Å². The number of nitrogens with one attached hydrogen (secondary N) is 1. The van der Waals surface area contributed by atoms with E-state index in [2.05, 4.69) is 15.3 Å². The number of amides is 1. The first-order valence-electron chi connectivity index (χ1n) is 8.12. The Morgan fingerprint density at radius 3 is 2.88 bits per heavy atom. The number of carbonyl (C=O) groups is 1. The van der Waals surface area contributed by atoms with E-state index >= 15 is 0 Å². The second-order valence-corrected chi connectivity index (χ2v) is 7.16. The van der Waals surface area contributed by atoms with Crippen molar-refractivity contribution in [2.45, 2.75) is 32.6 Å². The van der Waals surface area contributed by atoms with E-state index in [9.17, 15) is 4.79 Å². The van der Waals surface area contributed by atoms with E-state index in [1.165, 1.54) is 24.2 Å². The van der Waals surface area contributed by atoms with Gasteiger partial charge in [0.25, 0.3) is 5.91 Å². The number of rotatable bonds is 4. The summed E-state index contributed by atoms with van der Waals surface area (Å²) in [6, 6.07) is 0. The maximum atomic E-state index is 12.5. The Morgan fingerprint density at radius 1 is 1.33 bits per heavy atom. The maximum absolute atomic E-state index is 12.5. The van der Waals surface area contributed by atoms with Crippen molar-refractivity contribution in [3.8, 4) is 0 Å². The van der Waals surface area contributed by atoms with Gasteiger partial charge in [-0.3, -0.25) is 4.79 Å². The molecule has 0 aromatic carbocycles. The molecule has 6 nitrogen and oxygen atoms in total. The molecule has 1 aliphatic carbocycles. The van der Waals surface area contributed by atoms with Gasteiger partial charge in [-0.1, -0.05) is 0 Å². The van der Waals surface area contributed by atoms with Gasteiger partial charge in [-0.2, -0.15) is 0 Å². The highest BCUT2D eigenvalue weighted by Gasteiger charge is 2.28. The maximum Gasteiger partial charge on any atom is 0.262 e. The molecule has 2 aliphatic rings. The van der Waals surface area contributed by atoms with Crippen molar-refractivity contribution in [2.24, 2.45) is 0 Å². The van der Waals surface area contributed by atoms with Crippen molar-refractivity contribution < 1.29 is 14.3 Å². The highest BCUT2D eigenvalue weighted by Crippen LogP contribution is 2.40. The molecule has 0 radical (unpaired) electrons. The van der Waals surface area contributed by atoms with Crippen LogP contribution in [0.1, 0.15) is 45.5 Å². The molecule has 0 atom stereocenters. The first-order valence-corrected chi connectivity index (χ1v) is 8.94. The Hall–Kier alpha value is -2.15. The minimum absolute atomic E-state index is 0.113. The second kappa shape index (κ2) is 6.05. The Bertz CT molecular complexity index is 839. The van der Waals surface area contributed by atoms with Gasteiger partial charge in [-0.25, -0.2) is 9.97 Å². The largest absolute Gasteiger partial charge is 0.494 e. The molecule has 24 heavy (non-hydrogen) atoms. The number of aryl methyl sites for hydroxylation is 2. The van der Waals surface area contributed by atoms with E-state index in [1.54, 1.807) is 6.26 Å². The summed E-state index contributed by atoms with van der Waals surface area (Å²) < 4.78 is 10.6. The predicted octanol–water partition coefficient (Wildman–Crippen LogP) is 2.80. The lowest BCUT2D eigenvalue weighted by molar-refractivity contribution is 0.0776. The lowest BCUT2D eigenvalue weighted by Gasteiger charge is -2.15. The van der Waals surface area contributed by atoms with Gasteiger partial charge in [0.15, 0.2) is 0 Å². The van der Waals surface area contributed by atoms with Crippen LogP contribution in [0.4, 0.5) is 0 Å². The van der Waals surface area contributed by atoms with Crippen LogP contribution in [0, 0.1) is 13.8 Å². The molecule has 3 heterocycles. The van der Waals surface area contributed by atoms with E-state index < -0.39 is 0 Å². The van der Waals surface area contributed by atoms with Crippen LogP contribution in [-0.4, -0.2) is 35.6 Å². The lowest BCUT2D eigenvalue weighted by atomic mass is 10.1. The fraction of sp³-hybridized carbons (Fsp3) is 0.471. The highest BCUT2D eigenvalue weighted by molar-refractivity contribution is 7.20. The zero-order chi connectivity index (χ0) is 16.7. The molecule has 126 valence electrons. The van der Waals surface area contributed by atoms with Crippen molar-refractivity contribution >= 4 is 27.5 Å². The predicted molar refractivity (Wildman–Crippen MR) is 91.2 cm³/mol. The fourth-order valence-corrected chi connectivity index (χ4v) is 4.00. The summed E-state index contributed by atoms with van der Waals surface area (Å²) in [6.45, 7) is 5.34. The van der Waals surface area contributed by atoms with Gasteiger partial charge >= 0.3 is 0 Å². The number of ether oxygens (including phenoxy) is 2. The first-order chi connectivity index (χ1) is 11.6. The molecular weight excluding hydrogens is 326 g/mol. The van der Waals surface area contributed by atoms with Gasteiger partial charge in [0.05, 0.1) is 17.1 Å². The molecule has 2 aromatic heterocycles. The SMILES string of the molecule is Cc1nc(C2CC2)nc2sc(C(=O)NCC3=COCCO3)c(C)c12. The molecular formula is C17H19N3O3S. The Morgan fingerprint density at radius 2 is 2.17 bits per heavy atom. The van der Waals surface area contributed by atoms with Crippen LogP contribution >= 0.6 is 11.3 Å². The number of thiophene rings is 1. The van der Waals surface area contributed by atoms with Gasteiger partial charge in [0.2, 0.25) is 0 Å². The number of fused-ring (bicyclic) bond motifs is 1. The van der Waals surface area contributed by atoms with Crippen molar-refractivity contribution in [3.63, 3.8) is 0 Å². The molecule has 1 N–H and O–H groups in total.